The van der Waals surface area contributed by atoms with Gasteiger partial charge in [-0.3, -0.25) is 19.7 Å². The van der Waals surface area contributed by atoms with E-state index < -0.39 is 6.04 Å². The smallest absolute Gasteiger partial charge is 0.281 e. The van der Waals surface area contributed by atoms with Crippen LogP contribution in [0, 0.1) is 11.7 Å². The van der Waals surface area contributed by atoms with Crippen molar-refractivity contribution >= 4 is 29.0 Å². The van der Waals surface area contributed by atoms with E-state index in [1.165, 1.54) is 4.68 Å². The van der Waals surface area contributed by atoms with Crippen molar-refractivity contribution in [3.8, 4) is 0 Å². The van der Waals surface area contributed by atoms with Crippen molar-refractivity contribution in [1.82, 2.24) is 19.4 Å². The van der Waals surface area contributed by atoms with Gasteiger partial charge in [0.15, 0.2) is 4.77 Å². The fourth-order valence-corrected chi connectivity index (χ4v) is 2.47. The van der Waals surface area contributed by atoms with Crippen molar-refractivity contribution < 1.29 is 4.79 Å². The molecule has 0 aliphatic heterocycles. The number of aryl methyl sites for hydroxylation is 1. The van der Waals surface area contributed by atoms with Crippen molar-refractivity contribution in [2.24, 2.45) is 0 Å². The molecule has 0 spiro atoms. The Balaban J connectivity index is 1.97. The first-order chi connectivity index (χ1) is 11.0. The van der Waals surface area contributed by atoms with Crippen LogP contribution in [0.2, 0.25) is 0 Å². The summed E-state index contributed by atoms with van der Waals surface area (Å²) in [7, 11) is 0. The molecule has 7 nitrogen and oxygen atoms in total. The maximum Gasteiger partial charge on any atom is 0.281 e. The molecular weight excluding hydrogens is 314 g/mol. The van der Waals surface area contributed by atoms with E-state index in [-0.39, 0.29) is 16.2 Å². The summed E-state index contributed by atoms with van der Waals surface area (Å²) in [6.07, 6.45) is 3.42. The van der Waals surface area contributed by atoms with Crippen molar-refractivity contribution in [2.45, 2.75) is 19.9 Å². The number of nitrogens with one attached hydrogen (secondary N) is 2. The summed E-state index contributed by atoms with van der Waals surface area (Å²) in [5.74, 6) is -0.384. The second-order valence-electron chi connectivity index (χ2n) is 5.27. The third-order valence-corrected chi connectivity index (χ3v) is 3.82. The number of amides is 1. The fourth-order valence-electron chi connectivity index (χ4n) is 2.23. The van der Waals surface area contributed by atoms with E-state index in [2.05, 4.69) is 15.5 Å². The highest BCUT2D eigenvalue weighted by Gasteiger charge is 2.17. The summed E-state index contributed by atoms with van der Waals surface area (Å²) < 4.78 is 2.71. The van der Waals surface area contributed by atoms with Gasteiger partial charge in [-0.15, -0.1) is 0 Å². The van der Waals surface area contributed by atoms with Crippen LogP contribution in [-0.2, 0) is 4.79 Å². The second-order valence-corrected chi connectivity index (χ2v) is 5.65. The van der Waals surface area contributed by atoms with Gasteiger partial charge >= 0.3 is 0 Å². The highest BCUT2D eigenvalue weighted by Crippen LogP contribution is 2.08. The minimum atomic E-state index is -0.573. The Bertz CT molecular complexity index is 1000. The molecule has 118 valence electrons. The van der Waals surface area contributed by atoms with Crippen molar-refractivity contribution in [1.29, 1.82) is 0 Å². The van der Waals surface area contributed by atoms with Gasteiger partial charge in [-0.05, 0) is 43.8 Å². The Hall–Kier alpha value is -2.74. The molecule has 0 saturated heterocycles. The van der Waals surface area contributed by atoms with E-state index in [0.717, 1.165) is 10.2 Å². The molecule has 0 fully saturated rings. The van der Waals surface area contributed by atoms with Crippen LogP contribution in [-0.4, -0.2) is 25.3 Å². The average Bonchev–Trinajstić information content (AvgIpc) is 2.97. The molecule has 2 aromatic heterocycles. The molecule has 3 rings (SSSR count). The Morgan fingerprint density at radius 3 is 2.83 bits per heavy atom. The number of nitrogens with zero attached hydrogens (tertiary/aromatic N) is 3. The van der Waals surface area contributed by atoms with E-state index in [4.69, 9.17) is 12.2 Å². The highest BCUT2D eigenvalue weighted by atomic mass is 32.1. The monoisotopic (exact) mass is 329 g/mol. The number of para-hydroxylation sites is 1. The maximum atomic E-state index is 12.5. The Labute approximate surface area is 136 Å². The number of carbonyl (C=O) groups excluding carboxylic acids is 1. The number of rotatable bonds is 3. The topological polar surface area (TPSA) is 84.7 Å². The van der Waals surface area contributed by atoms with Gasteiger partial charge in [0.1, 0.15) is 6.04 Å². The molecule has 0 radical (unpaired) electrons. The van der Waals surface area contributed by atoms with Crippen LogP contribution in [0.5, 0.6) is 0 Å². The van der Waals surface area contributed by atoms with E-state index in [1.54, 1.807) is 43.6 Å². The number of H-pyrrole nitrogens is 1. The fraction of sp³-hybridized carbons (Fsp3) is 0.200. The van der Waals surface area contributed by atoms with Gasteiger partial charge in [0.2, 0.25) is 0 Å². The Kier molecular flexibility index (Phi) is 3.83. The SMILES string of the molecule is Cc1cnn(C(C)C(=O)Nn2c(=S)[nH]c3ccccc3c2=O)c1. The summed E-state index contributed by atoms with van der Waals surface area (Å²) >= 11 is 5.16. The van der Waals surface area contributed by atoms with Gasteiger partial charge in [0.05, 0.1) is 17.1 Å². The van der Waals surface area contributed by atoms with Crippen molar-refractivity contribution in [2.75, 3.05) is 5.43 Å². The first kappa shape index (κ1) is 15.2. The molecule has 0 saturated carbocycles. The van der Waals surface area contributed by atoms with Gasteiger partial charge in [-0.25, -0.2) is 0 Å². The quantitative estimate of drug-likeness (QED) is 0.719. The molecule has 1 amide bonds. The van der Waals surface area contributed by atoms with E-state index in [1.807, 2.05) is 6.92 Å². The normalized spacial score (nSPS) is 12.3. The molecule has 1 unspecified atom stereocenters. The van der Waals surface area contributed by atoms with Crippen LogP contribution in [0.1, 0.15) is 18.5 Å². The predicted molar refractivity (Wildman–Crippen MR) is 89.4 cm³/mol. The van der Waals surface area contributed by atoms with E-state index in [9.17, 15) is 9.59 Å². The third kappa shape index (κ3) is 2.80. The lowest BCUT2D eigenvalue weighted by molar-refractivity contribution is -0.120. The molecule has 2 N–H and O–H groups in total. The third-order valence-electron chi connectivity index (χ3n) is 3.53. The van der Waals surface area contributed by atoms with Gasteiger partial charge in [-0.2, -0.15) is 9.77 Å². The molecule has 8 heteroatoms. The summed E-state index contributed by atoms with van der Waals surface area (Å²) in [6, 6.07) is 6.41. The number of aromatic amines is 1. The molecule has 2 heterocycles. The summed E-state index contributed by atoms with van der Waals surface area (Å²) in [4.78, 5) is 27.8. The van der Waals surface area contributed by atoms with Crippen LogP contribution in [0.15, 0.2) is 41.5 Å². The molecule has 23 heavy (non-hydrogen) atoms. The standard InChI is InChI=1S/C15H15N5O2S/c1-9-7-16-19(8-9)10(2)13(21)18-20-14(22)11-5-3-4-6-12(11)17-15(20)23/h3-8,10H,1-2H3,(H,17,23)(H,18,21). The zero-order chi connectivity index (χ0) is 16.6. The minimum Gasteiger partial charge on any atom is -0.330 e. The Morgan fingerprint density at radius 2 is 2.13 bits per heavy atom. The molecular formula is C15H15N5O2S. The molecule has 0 aliphatic carbocycles. The number of hydrogen-bond donors (Lipinski definition) is 2. The van der Waals surface area contributed by atoms with Gasteiger partial charge in [0, 0.05) is 6.20 Å². The molecule has 3 aromatic rings. The Morgan fingerprint density at radius 1 is 1.39 bits per heavy atom. The predicted octanol–water partition coefficient (Wildman–Crippen LogP) is 1.90. The molecule has 1 atom stereocenters. The number of fused-ring (bicyclic) bond motifs is 1. The van der Waals surface area contributed by atoms with E-state index >= 15 is 0 Å². The first-order valence-corrected chi connectivity index (χ1v) is 7.44. The lowest BCUT2D eigenvalue weighted by Crippen LogP contribution is -2.37. The summed E-state index contributed by atoms with van der Waals surface area (Å²) in [5, 5.41) is 4.56. The average molecular weight is 329 g/mol. The van der Waals surface area contributed by atoms with Gasteiger partial charge in [0.25, 0.3) is 11.5 Å². The lowest BCUT2D eigenvalue weighted by atomic mass is 10.2. The largest absolute Gasteiger partial charge is 0.330 e. The zero-order valence-electron chi connectivity index (χ0n) is 12.6. The number of aromatic nitrogens is 4. The lowest BCUT2D eigenvalue weighted by Gasteiger charge is -2.14. The molecule has 0 bridgehead atoms. The number of benzene rings is 1. The van der Waals surface area contributed by atoms with Crippen molar-refractivity contribution in [3.05, 3.63) is 57.3 Å². The molecule has 0 aliphatic rings. The van der Waals surface area contributed by atoms with Crippen LogP contribution in [0.4, 0.5) is 0 Å². The highest BCUT2D eigenvalue weighted by molar-refractivity contribution is 7.71. The number of hydrogen-bond acceptors (Lipinski definition) is 4. The van der Waals surface area contributed by atoms with Gasteiger partial charge < -0.3 is 4.98 Å². The summed E-state index contributed by atoms with van der Waals surface area (Å²) in [5.41, 5.74) is 3.75. The van der Waals surface area contributed by atoms with Crippen molar-refractivity contribution in [3.63, 3.8) is 0 Å². The first-order valence-electron chi connectivity index (χ1n) is 7.03. The van der Waals surface area contributed by atoms with Crippen LogP contribution < -0.4 is 11.0 Å². The van der Waals surface area contributed by atoms with Crippen LogP contribution >= 0.6 is 12.2 Å². The van der Waals surface area contributed by atoms with Gasteiger partial charge in [-0.1, -0.05) is 12.1 Å². The van der Waals surface area contributed by atoms with E-state index in [0.29, 0.717) is 10.9 Å². The second kappa shape index (κ2) is 5.81. The zero-order valence-corrected chi connectivity index (χ0v) is 13.4. The van der Waals surface area contributed by atoms with Crippen LogP contribution in [0.3, 0.4) is 0 Å². The summed E-state index contributed by atoms with van der Waals surface area (Å²) in [6.45, 7) is 3.58. The molecule has 1 aromatic carbocycles. The maximum absolute atomic E-state index is 12.5. The number of carbonyl (C=O) groups is 1. The minimum absolute atomic E-state index is 0.130. The van der Waals surface area contributed by atoms with Crippen LogP contribution in [0.25, 0.3) is 10.9 Å².